The molecule has 0 unspecified atom stereocenters. The van der Waals surface area contributed by atoms with Gasteiger partial charge >= 0.3 is 11.9 Å². The lowest BCUT2D eigenvalue weighted by Gasteiger charge is -2.21. The van der Waals surface area contributed by atoms with Crippen LogP contribution < -0.4 is 10.1 Å². The van der Waals surface area contributed by atoms with Crippen LogP contribution in [-0.2, 0) is 16.0 Å². The fraction of sp³-hybridized carbons (Fsp3) is 0.214. The summed E-state index contributed by atoms with van der Waals surface area (Å²) in [5, 5.41) is 31.4. The van der Waals surface area contributed by atoms with Crippen molar-refractivity contribution in [3.63, 3.8) is 0 Å². The van der Waals surface area contributed by atoms with Crippen LogP contribution >= 0.6 is 0 Å². The number of hydrogen-bond donors (Lipinski definition) is 3. The summed E-state index contributed by atoms with van der Waals surface area (Å²) in [5.74, 6) is -2.79. The van der Waals surface area contributed by atoms with Crippen molar-refractivity contribution in [1.82, 2.24) is 0 Å². The molecular formula is C14H13N3O7. The molecule has 1 heterocycles. The van der Waals surface area contributed by atoms with Crippen molar-refractivity contribution in [3.8, 4) is 5.75 Å². The first-order valence-corrected chi connectivity index (χ1v) is 6.78. The number of carboxylic acids is 2. The van der Waals surface area contributed by atoms with Crippen LogP contribution in [0.4, 0.5) is 11.4 Å². The largest absolute Gasteiger partial charge is 0.483 e. The van der Waals surface area contributed by atoms with Gasteiger partial charge in [0.1, 0.15) is 18.2 Å². The van der Waals surface area contributed by atoms with E-state index in [4.69, 9.17) is 14.9 Å². The number of fused-ring (bicyclic) bond motifs is 1. The van der Waals surface area contributed by atoms with Gasteiger partial charge in [0.2, 0.25) is 0 Å². The van der Waals surface area contributed by atoms with Gasteiger partial charge in [-0.25, -0.2) is 14.6 Å². The van der Waals surface area contributed by atoms with E-state index in [2.05, 4.69) is 10.3 Å². The predicted molar refractivity (Wildman–Crippen MR) is 82.4 cm³/mol. The Bertz CT molecular complexity index is 767. The van der Waals surface area contributed by atoms with Crippen LogP contribution in [-0.4, -0.2) is 39.5 Å². The van der Waals surface area contributed by atoms with E-state index in [9.17, 15) is 19.7 Å². The zero-order chi connectivity index (χ0) is 17.9. The molecule has 0 fully saturated rings. The lowest BCUT2D eigenvalue weighted by atomic mass is 10.1. The summed E-state index contributed by atoms with van der Waals surface area (Å²) >= 11 is 0. The van der Waals surface area contributed by atoms with Crippen LogP contribution in [0.25, 0.3) is 0 Å². The molecule has 126 valence electrons. The molecule has 0 aliphatic carbocycles. The Balaban J connectivity index is 2.33. The minimum Gasteiger partial charge on any atom is -0.483 e. The second-order valence-electron chi connectivity index (χ2n) is 4.73. The van der Waals surface area contributed by atoms with Gasteiger partial charge in [0.05, 0.1) is 22.9 Å². The Morgan fingerprint density at radius 3 is 2.62 bits per heavy atom. The predicted octanol–water partition coefficient (Wildman–Crippen LogP) is 1.41. The zero-order valence-corrected chi connectivity index (χ0v) is 12.5. The summed E-state index contributed by atoms with van der Waals surface area (Å²) in [6, 6.07) is 2.84. The molecule has 10 nitrogen and oxygen atoms in total. The lowest BCUT2D eigenvalue weighted by Crippen LogP contribution is -2.26. The summed E-state index contributed by atoms with van der Waals surface area (Å²) in [4.78, 5) is 35.8. The molecule has 1 aromatic carbocycles. The van der Waals surface area contributed by atoms with E-state index >= 15 is 0 Å². The van der Waals surface area contributed by atoms with Crippen molar-refractivity contribution in [1.29, 1.82) is 0 Å². The van der Waals surface area contributed by atoms with Crippen molar-refractivity contribution in [2.45, 2.75) is 13.3 Å². The Morgan fingerprint density at radius 1 is 1.42 bits per heavy atom. The van der Waals surface area contributed by atoms with E-state index in [0.29, 0.717) is 23.9 Å². The van der Waals surface area contributed by atoms with Crippen LogP contribution in [0.5, 0.6) is 5.75 Å². The Hall–Kier alpha value is -3.43. The molecule has 10 heteroatoms. The maximum Gasteiger partial charge on any atom is 0.344 e. The summed E-state index contributed by atoms with van der Waals surface area (Å²) in [6.07, 6.45) is 1.13. The third-order valence-corrected chi connectivity index (χ3v) is 3.21. The van der Waals surface area contributed by atoms with Gasteiger partial charge in [-0.3, -0.25) is 10.1 Å². The number of aliphatic carboxylic acids is 2. The number of aryl methyl sites for hydroxylation is 1. The first kappa shape index (κ1) is 16.9. The maximum atomic E-state index is 11.0. The van der Waals surface area contributed by atoms with Gasteiger partial charge in [0.15, 0.2) is 5.57 Å². The number of rotatable bonds is 5. The molecule has 1 aliphatic rings. The SMILES string of the molecule is CCc1cc2c(cc1[N+](=O)[O-])OCC(=NC=C(C(=O)O)C(=O)O)N2. The number of amidine groups is 1. The minimum absolute atomic E-state index is 0.0580. The number of carboxylic acid groups (broad SMARTS) is 2. The molecule has 0 saturated heterocycles. The molecular weight excluding hydrogens is 322 g/mol. The standard InChI is InChI=1S/C14H13N3O7/c1-2-7-3-9-11(4-10(7)17(22)23)24-6-12(16-9)15-5-8(13(18)19)14(20)21/h3-5H,2,6H2,1H3,(H,15,16)(H,18,19)(H,20,21). The molecule has 0 spiro atoms. The topological polar surface area (TPSA) is 151 Å². The number of hydrogen-bond acceptors (Lipinski definition) is 6. The summed E-state index contributed by atoms with van der Waals surface area (Å²) in [5.41, 5.74) is -0.0307. The highest BCUT2D eigenvalue weighted by atomic mass is 16.6. The Morgan fingerprint density at radius 2 is 2.08 bits per heavy atom. The number of benzene rings is 1. The average Bonchev–Trinajstić information content (AvgIpc) is 2.52. The van der Waals surface area contributed by atoms with Crippen molar-refractivity contribution in [2.24, 2.45) is 4.99 Å². The fourth-order valence-corrected chi connectivity index (χ4v) is 2.04. The number of aliphatic imine (C=N–C) groups is 1. The lowest BCUT2D eigenvalue weighted by molar-refractivity contribution is -0.385. The van der Waals surface area contributed by atoms with Crippen LogP contribution in [0.15, 0.2) is 28.9 Å². The Kier molecular flexibility index (Phi) is 4.78. The smallest absolute Gasteiger partial charge is 0.344 e. The average molecular weight is 335 g/mol. The number of nitrogens with one attached hydrogen (secondary N) is 1. The van der Waals surface area contributed by atoms with Gasteiger partial charge < -0.3 is 20.3 Å². The number of nitro benzene ring substituents is 1. The van der Waals surface area contributed by atoms with Gasteiger partial charge in [-0.2, -0.15) is 0 Å². The number of ether oxygens (including phenoxy) is 1. The normalized spacial score (nSPS) is 14.1. The third-order valence-electron chi connectivity index (χ3n) is 3.21. The van der Waals surface area contributed by atoms with E-state index in [1.54, 1.807) is 13.0 Å². The number of nitro groups is 1. The molecule has 0 aromatic heterocycles. The molecule has 1 aromatic rings. The molecule has 0 amide bonds. The first-order valence-electron chi connectivity index (χ1n) is 6.78. The number of nitrogens with zero attached hydrogens (tertiary/aromatic N) is 2. The van der Waals surface area contributed by atoms with Crippen molar-refractivity contribution in [3.05, 3.63) is 39.6 Å². The van der Waals surface area contributed by atoms with Crippen molar-refractivity contribution in [2.75, 3.05) is 11.9 Å². The number of carbonyl (C=O) groups is 2. The van der Waals surface area contributed by atoms with Crippen molar-refractivity contribution < 1.29 is 29.5 Å². The van der Waals surface area contributed by atoms with Crippen molar-refractivity contribution >= 4 is 29.1 Å². The van der Waals surface area contributed by atoms with Gasteiger partial charge in [0, 0.05) is 5.56 Å². The summed E-state index contributed by atoms with van der Waals surface area (Å²) in [6.45, 7) is 1.65. The van der Waals surface area contributed by atoms with Crippen LogP contribution in [0, 0.1) is 10.1 Å². The second kappa shape index (κ2) is 6.77. The summed E-state index contributed by atoms with van der Waals surface area (Å²) < 4.78 is 5.36. The van der Waals surface area contributed by atoms with Gasteiger partial charge in [0.25, 0.3) is 5.69 Å². The molecule has 2 rings (SSSR count). The van der Waals surface area contributed by atoms with E-state index < -0.39 is 22.4 Å². The van der Waals surface area contributed by atoms with Crippen LogP contribution in [0.1, 0.15) is 12.5 Å². The van der Waals surface area contributed by atoms with E-state index in [-0.39, 0.29) is 23.9 Å². The molecule has 0 saturated carbocycles. The second-order valence-corrected chi connectivity index (χ2v) is 4.73. The monoisotopic (exact) mass is 335 g/mol. The summed E-state index contributed by atoms with van der Waals surface area (Å²) in [7, 11) is 0. The number of anilines is 1. The third kappa shape index (κ3) is 3.48. The Labute approximate surface area is 135 Å². The molecule has 24 heavy (non-hydrogen) atoms. The van der Waals surface area contributed by atoms with E-state index in [1.807, 2.05) is 0 Å². The molecule has 1 aliphatic heterocycles. The molecule has 0 bridgehead atoms. The van der Waals surface area contributed by atoms with E-state index in [0.717, 1.165) is 0 Å². The quantitative estimate of drug-likeness (QED) is 0.240. The fourth-order valence-electron chi connectivity index (χ4n) is 2.04. The van der Waals surface area contributed by atoms with Gasteiger partial charge in [-0.1, -0.05) is 6.92 Å². The van der Waals surface area contributed by atoms with Crippen LogP contribution in [0.2, 0.25) is 0 Å². The highest BCUT2D eigenvalue weighted by Crippen LogP contribution is 2.35. The molecule has 3 N–H and O–H groups in total. The molecule has 0 radical (unpaired) electrons. The maximum absolute atomic E-state index is 11.0. The molecule has 0 atom stereocenters. The first-order chi connectivity index (χ1) is 11.3. The van der Waals surface area contributed by atoms with Crippen LogP contribution in [0.3, 0.4) is 0 Å². The van der Waals surface area contributed by atoms with Gasteiger partial charge in [-0.15, -0.1) is 0 Å². The minimum atomic E-state index is -1.62. The highest BCUT2D eigenvalue weighted by molar-refractivity contribution is 6.12. The van der Waals surface area contributed by atoms with E-state index in [1.165, 1.54) is 6.07 Å². The zero-order valence-electron chi connectivity index (χ0n) is 12.5. The van der Waals surface area contributed by atoms with Gasteiger partial charge in [-0.05, 0) is 12.5 Å². The highest BCUT2D eigenvalue weighted by Gasteiger charge is 2.22.